The van der Waals surface area contributed by atoms with Crippen molar-refractivity contribution in [1.29, 1.82) is 0 Å². The maximum absolute atomic E-state index is 12.2. The number of benzene rings is 2. The molecule has 0 bridgehead atoms. The Morgan fingerprint density at radius 2 is 1.74 bits per heavy atom. The second-order valence-corrected chi connectivity index (χ2v) is 6.28. The fraction of sp³-hybridized carbons (Fsp3) is 0.333. The average Bonchev–Trinajstić information content (AvgIpc) is 2.65. The van der Waals surface area contributed by atoms with Crippen molar-refractivity contribution in [3.8, 4) is 5.75 Å². The van der Waals surface area contributed by atoms with Crippen molar-refractivity contribution in [2.24, 2.45) is 0 Å². The quantitative estimate of drug-likeness (QED) is 0.650. The van der Waals surface area contributed by atoms with E-state index < -0.39 is 0 Å². The van der Waals surface area contributed by atoms with Gasteiger partial charge in [-0.25, -0.2) is 4.79 Å². The Labute approximate surface area is 159 Å². The minimum atomic E-state index is -0.363. The number of rotatable bonds is 9. The van der Waals surface area contributed by atoms with Crippen LogP contribution in [0.1, 0.15) is 37.6 Å². The van der Waals surface area contributed by atoms with E-state index in [2.05, 4.69) is 10.6 Å². The zero-order valence-electron chi connectivity index (χ0n) is 16.0. The molecule has 27 heavy (non-hydrogen) atoms. The molecule has 0 aliphatic carbocycles. The predicted octanol–water partition coefficient (Wildman–Crippen LogP) is 4.09. The largest absolute Gasteiger partial charge is 0.489 e. The normalized spacial score (nSPS) is 10.4. The van der Waals surface area contributed by atoms with Gasteiger partial charge in [0.2, 0.25) is 5.91 Å². The molecule has 1 amide bonds. The summed E-state index contributed by atoms with van der Waals surface area (Å²) in [6.07, 6.45) is 0.822. The van der Waals surface area contributed by atoms with Crippen molar-refractivity contribution in [1.82, 2.24) is 0 Å². The number of amides is 1. The Kier molecular flexibility index (Phi) is 7.67. The topological polar surface area (TPSA) is 76.7 Å². The van der Waals surface area contributed by atoms with Gasteiger partial charge in [0.25, 0.3) is 0 Å². The lowest BCUT2D eigenvalue weighted by Crippen LogP contribution is -2.22. The van der Waals surface area contributed by atoms with Crippen molar-refractivity contribution >= 4 is 23.3 Å². The van der Waals surface area contributed by atoms with Crippen molar-refractivity contribution < 1.29 is 19.1 Å². The van der Waals surface area contributed by atoms with Crippen molar-refractivity contribution in [3.05, 3.63) is 54.1 Å². The minimum Gasteiger partial charge on any atom is -0.489 e. The summed E-state index contributed by atoms with van der Waals surface area (Å²) < 4.78 is 10.8. The molecule has 0 saturated heterocycles. The van der Waals surface area contributed by atoms with E-state index >= 15 is 0 Å². The number of anilines is 2. The number of esters is 1. The molecule has 2 aromatic rings. The molecule has 6 nitrogen and oxygen atoms in total. The van der Waals surface area contributed by atoms with Crippen LogP contribution in [0.25, 0.3) is 0 Å². The van der Waals surface area contributed by atoms with Gasteiger partial charge in [-0.3, -0.25) is 4.79 Å². The van der Waals surface area contributed by atoms with E-state index in [0.717, 1.165) is 12.1 Å². The van der Waals surface area contributed by atoms with Crippen LogP contribution in [-0.2, 0) is 9.53 Å². The first-order valence-corrected chi connectivity index (χ1v) is 9.06. The number of ether oxygens (including phenoxy) is 2. The summed E-state index contributed by atoms with van der Waals surface area (Å²) in [5.41, 5.74) is 1.83. The van der Waals surface area contributed by atoms with Gasteiger partial charge in [0, 0.05) is 5.69 Å². The summed E-state index contributed by atoms with van der Waals surface area (Å²) in [5, 5.41) is 5.87. The van der Waals surface area contributed by atoms with Crippen molar-refractivity contribution in [3.63, 3.8) is 0 Å². The maximum Gasteiger partial charge on any atom is 0.338 e. The molecule has 0 radical (unpaired) electrons. The number of nitrogens with one attached hydrogen (secondary N) is 2. The molecular formula is C21H26N2O4. The molecule has 2 rings (SSSR count). The number of hydrogen-bond donors (Lipinski definition) is 2. The predicted molar refractivity (Wildman–Crippen MR) is 106 cm³/mol. The van der Waals surface area contributed by atoms with Crippen LogP contribution in [0.4, 0.5) is 11.4 Å². The van der Waals surface area contributed by atoms with Gasteiger partial charge in [0.05, 0.1) is 30.5 Å². The summed E-state index contributed by atoms with van der Waals surface area (Å²) in [5.74, 6) is 0.143. The molecule has 0 aliphatic rings. The van der Waals surface area contributed by atoms with Crippen LogP contribution in [-0.4, -0.2) is 31.1 Å². The molecule has 0 heterocycles. The second-order valence-electron chi connectivity index (χ2n) is 6.28. The molecule has 0 aromatic heterocycles. The SMILES string of the molecule is CCCOC(=O)c1ccc(NC(=O)CNc2ccccc2OC(C)C)cc1. The fourth-order valence-corrected chi connectivity index (χ4v) is 2.32. The number of carbonyl (C=O) groups excluding carboxylic acids is 2. The fourth-order valence-electron chi connectivity index (χ4n) is 2.32. The van der Waals surface area contributed by atoms with E-state index in [9.17, 15) is 9.59 Å². The first-order valence-electron chi connectivity index (χ1n) is 9.06. The zero-order chi connectivity index (χ0) is 19.6. The third-order valence-corrected chi connectivity index (χ3v) is 3.53. The van der Waals surface area contributed by atoms with Crippen molar-refractivity contribution in [2.45, 2.75) is 33.3 Å². The van der Waals surface area contributed by atoms with E-state index in [1.54, 1.807) is 24.3 Å². The minimum absolute atomic E-state index is 0.0457. The Morgan fingerprint density at radius 3 is 2.41 bits per heavy atom. The lowest BCUT2D eigenvalue weighted by atomic mass is 10.2. The van der Waals surface area contributed by atoms with Crippen LogP contribution in [0.5, 0.6) is 5.75 Å². The summed E-state index contributed by atoms with van der Waals surface area (Å²) in [6.45, 7) is 6.33. The highest BCUT2D eigenvalue weighted by molar-refractivity contribution is 5.95. The summed E-state index contributed by atoms with van der Waals surface area (Å²) in [4.78, 5) is 23.9. The van der Waals surface area contributed by atoms with Gasteiger partial charge in [0.1, 0.15) is 5.75 Å². The Balaban J connectivity index is 1.88. The molecule has 144 valence electrons. The van der Waals surface area contributed by atoms with Gasteiger partial charge in [-0.15, -0.1) is 0 Å². The lowest BCUT2D eigenvalue weighted by molar-refractivity contribution is -0.114. The number of carbonyl (C=O) groups is 2. The standard InChI is InChI=1S/C21H26N2O4/c1-4-13-26-21(25)16-9-11-17(12-10-16)23-20(24)14-22-18-7-5-6-8-19(18)27-15(2)3/h5-12,15,22H,4,13-14H2,1-3H3,(H,23,24). The average molecular weight is 370 g/mol. The molecule has 0 fully saturated rings. The summed E-state index contributed by atoms with van der Waals surface area (Å²) >= 11 is 0. The highest BCUT2D eigenvalue weighted by Gasteiger charge is 2.09. The monoisotopic (exact) mass is 370 g/mol. The van der Waals surface area contributed by atoms with Gasteiger partial charge in [-0.05, 0) is 56.7 Å². The van der Waals surface area contributed by atoms with Crippen LogP contribution >= 0.6 is 0 Å². The smallest absolute Gasteiger partial charge is 0.338 e. The van der Waals surface area contributed by atoms with E-state index in [4.69, 9.17) is 9.47 Å². The molecule has 0 aliphatic heterocycles. The molecule has 0 unspecified atom stereocenters. The second kappa shape index (κ2) is 10.2. The van der Waals surface area contributed by atoms with E-state index in [0.29, 0.717) is 23.6 Å². The van der Waals surface area contributed by atoms with Gasteiger partial charge >= 0.3 is 5.97 Å². The highest BCUT2D eigenvalue weighted by Crippen LogP contribution is 2.24. The van der Waals surface area contributed by atoms with E-state index in [-0.39, 0.29) is 24.5 Å². The van der Waals surface area contributed by atoms with Gasteiger partial charge in [-0.2, -0.15) is 0 Å². The Bertz CT molecular complexity index is 757. The molecule has 2 N–H and O–H groups in total. The van der Waals surface area contributed by atoms with Crippen LogP contribution in [0.3, 0.4) is 0 Å². The number of para-hydroxylation sites is 2. The van der Waals surface area contributed by atoms with Gasteiger partial charge in [-0.1, -0.05) is 19.1 Å². The van der Waals surface area contributed by atoms with Crippen LogP contribution in [0, 0.1) is 0 Å². The third kappa shape index (κ3) is 6.66. The van der Waals surface area contributed by atoms with Crippen LogP contribution < -0.4 is 15.4 Å². The first kappa shape index (κ1) is 20.3. The zero-order valence-corrected chi connectivity index (χ0v) is 16.0. The first-order chi connectivity index (χ1) is 13.0. The third-order valence-electron chi connectivity index (χ3n) is 3.53. The summed E-state index contributed by atoms with van der Waals surface area (Å²) in [6, 6.07) is 14.1. The van der Waals surface area contributed by atoms with E-state index in [1.807, 2.05) is 45.0 Å². The molecular weight excluding hydrogens is 344 g/mol. The number of hydrogen-bond acceptors (Lipinski definition) is 5. The van der Waals surface area contributed by atoms with E-state index in [1.165, 1.54) is 0 Å². The Hall–Kier alpha value is -3.02. The molecule has 6 heteroatoms. The molecule has 0 atom stereocenters. The molecule has 0 spiro atoms. The van der Waals surface area contributed by atoms with Crippen LogP contribution in [0.2, 0.25) is 0 Å². The Morgan fingerprint density at radius 1 is 1.04 bits per heavy atom. The molecule has 2 aromatic carbocycles. The maximum atomic E-state index is 12.2. The van der Waals surface area contributed by atoms with Crippen LogP contribution in [0.15, 0.2) is 48.5 Å². The van der Waals surface area contributed by atoms with Crippen molar-refractivity contribution in [2.75, 3.05) is 23.8 Å². The van der Waals surface area contributed by atoms with Gasteiger partial charge in [0.15, 0.2) is 0 Å². The highest BCUT2D eigenvalue weighted by atomic mass is 16.5. The summed E-state index contributed by atoms with van der Waals surface area (Å²) in [7, 11) is 0. The lowest BCUT2D eigenvalue weighted by Gasteiger charge is -2.15. The van der Waals surface area contributed by atoms with Gasteiger partial charge < -0.3 is 20.1 Å². The molecule has 0 saturated carbocycles.